The first-order valence-electron chi connectivity index (χ1n) is 7.73. The molecule has 8 nitrogen and oxygen atoms in total. The van der Waals surface area contributed by atoms with Gasteiger partial charge in [0.15, 0.2) is 5.75 Å². The highest BCUT2D eigenvalue weighted by atomic mass is 35.5. The lowest BCUT2D eigenvalue weighted by molar-refractivity contribution is -0.386. The summed E-state index contributed by atoms with van der Waals surface area (Å²) in [4.78, 5) is 10.2. The fourth-order valence-corrected chi connectivity index (χ4v) is 3.94. The molecular weight excluding hydrogens is 370 g/mol. The number of ether oxygens (including phenoxy) is 1. The second-order valence-corrected chi connectivity index (χ2v) is 8.31. The molecule has 0 amide bonds. The Bertz CT molecular complexity index is 724. The van der Waals surface area contributed by atoms with E-state index >= 15 is 0 Å². The smallest absolute Gasteiger partial charge is 0.312 e. The number of sulfonamides is 1. The van der Waals surface area contributed by atoms with E-state index in [9.17, 15) is 18.5 Å². The molecule has 1 saturated heterocycles. The van der Waals surface area contributed by atoms with Crippen LogP contribution in [0.3, 0.4) is 0 Å². The Labute approximate surface area is 153 Å². The average molecular weight is 394 g/mol. The first kappa shape index (κ1) is 21.6. The summed E-state index contributed by atoms with van der Waals surface area (Å²) in [7, 11) is -2.54. The molecule has 10 heteroatoms. The number of nitro groups is 1. The molecule has 2 rings (SSSR count). The van der Waals surface area contributed by atoms with Crippen LogP contribution >= 0.6 is 12.4 Å². The first-order valence-corrected chi connectivity index (χ1v) is 9.21. The van der Waals surface area contributed by atoms with Gasteiger partial charge in [-0.25, -0.2) is 13.1 Å². The van der Waals surface area contributed by atoms with Crippen LogP contribution in [0.25, 0.3) is 0 Å². The minimum absolute atomic E-state index is 0. The fraction of sp³-hybridized carbons (Fsp3) is 0.600. The molecule has 1 unspecified atom stereocenters. The standard InChI is InChI=1S/C15H23N3O5S.ClH/c1-15(2)7-4-8-16-14(15)10-17-24(21,22)11-5-6-13(23-3)12(9-11)18(19)20;/h5-6,9,14,16-17H,4,7-8,10H2,1-3H3;1H. The van der Waals surface area contributed by atoms with Crippen LogP contribution in [0.4, 0.5) is 5.69 Å². The molecule has 1 aromatic carbocycles. The van der Waals surface area contributed by atoms with Gasteiger partial charge in [0, 0.05) is 18.7 Å². The van der Waals surface area contributed by atoms with Gasteiger partial charge in [0.25, 0.3) is 0 Å². The number of halogens is 1. The van der Waals surface area contributed by atoms with E-state index in [0.717, 1.165) is 25.5 Å². The minimum atomic E-state index is -3.84. The van der Waals surface area contributed by atoms with E-state index in [-0.39, 0.29) is 46.7 Å². The lowest BCUT2D eigenvalue weighted by Crippen LogP contribution is -2.52. The van der Waals surface area contributed by atoms with E-state index in [1.807, 2.05) is 0 Å². The molecule has 142 valence electrons. The van der Waals surface area contributed by atoms with Gasteiger partial charge in [-0.2, -0.15) is 0 Å². The van der Waals surface area contributed by atoms with Gasteiger partial charge in [-0.15, -0.1) is 12.4 Å². The molecular formula is C15H24ClN3O5S. The highest BCUT2D eigenvalue weighted by Gasteiger charge is 2.33. The second-order valence-electron chi connectivity index (χ2n) is 6.54. The highest BCUT2D eigenvalue weighted by Crippen LogP contribution is 2.31. The summed E-state index contributed by atoms with van der Waals surface area (Å²) in [6, 6.07) is 3.61. The van der Waals surface area contributed by atoms with Crippen LogP contribution in [0.15, 0.2) is 23.1 Å². The van der Waals surface area contributed by atoms with Crippen molar-refractivity contribution in [2.45, 2.75) is 37.6 Å². The molecule has 1 heterocycles. The maximum Gasteiger partial charge on any atom is 0.312 e. The molecule has 1 atom stereocenters. The number of rotatable bonds is 6. The lowest BCUT2D eigenvalue weighted by atomic mass is 9.78. The summed E-state index contributed by atoms with van der Waals surface area (Å²) in [5.41, 5.74) is -0.399. The van der Waals surface area contributed by atoms with Crippen LogP contribution in [0, 0.1) is 15.5 Å². The van der Waals surface area contributed by atoms with Crippen molar-refractivity contribution in [1.82, 2.24) is 10.0 Å². The zero-order valence-corrected chi connectivity index (χ0v) is 16.1. The van der Waals surface area contributed by atoms with Crippen molar-refractivity contribution in [3.8, 4) is 5.75 Å². The molecule has 0 bridgehead atoms. The number of hydrogen-bond acceptors (Lipinski definition) is 6. The topological polar surface area (TPSA) is 111 Å². The lowest BCUT2D eigenvalue weighted by Gasteiger charge is -2.39. The molecule has 1 aromatic rings. The molecule has 1 aliphatic heterocycles. The number of benzene rings is 1. The summed E-state index contributed by atoms with van der Waals surface area (Å²) in [5, 5.41) is 14.4. The Kier molecular flexibility index (Phi) is 7.18. The van der Waals surface area contributed by atoms with Gasteiger partial charge in [0.1, 0.15) is 0 Å². The fourth-order valence-electron chi connectivity index (χ4n) is 2.88. The van der Waals surface area contributed by atoms with E-state index in [2.05, 4.69) is 23.9 Å². The summed E-state index contributed by atoms with van der Waals surface area (Å²) in [6.45, 7) is 5.27. The van der Waals surface area contributed by atoms with Crippen molar-refractivity contribution in [3.05, 3.63) is 28.3 Å². The van der Waals surface area contributed by atoms with Gasteiger partial charge < -0.3 is 10.1 Å². The van der Waals surface area contributed by atoms with Gasteiger partial charge in [0.05, 0.1) is 16.9 Å². The Morgan fingerprint density at radius 3 is 2.68 bits per heavy atom. The van der Waals surface area contributed by atoms with Gasteiger partial charge in [-0.05, 0) is 36.9 Å². The maximum atomic E-state index is 12.5. The quantitative estimate of drug-likeness (QED) is 0.565. The number of piperidine rings is 1. The zero-order valence-electron chi connectivity index (χ0n) is 14.4. The van der Waals surface area contributed by atoms with Crippen LogP contribution in [-0.4, -0.2) is 39.6 Å². The molecule has 1 aliphatic rings. The predicted octanol–water partition coefficient (Wildman–Crippen LogP) is 2.08. The molecule has 0 spiro atoms. The predicted molar refractivity (Wildman–Crippen MR) is 96.9 cm³/mol. The van der Waals surface area contributed by atoms with Gasteiger partial charge >= 0.3 is 5.69 Å². The van der Waals surface area contributed by atoms with Crippen LogP contribution in [0.2, 0.25) is 0 Å². The monoisotopic (exact) mass is 393 g/mol. The molecule has 0 saturated carbocycles. The summed E-state index contributed by atoms with van der Waals surface area (Å²) in [6.07, 6.45) is 2.07. The van der Waals surface area contributed by atoms with E-state index < -0.39 is 14.9 Å². The van der Waals surface area contributed by atoms with E-state index in [0.29, 0.717) is 0 Å². The summed E-state index contributed by atoms with van der Waals surface area (Å²) < 4.78 is 32.4. The molecule has 0 aliphatic carbocycles. The van der Waals surface area contributed by atoms with Crippen molar-refractivity contribution in [2.24, 2.45) is 5.41 Å². The Balaban J connectivity index is 0.00000312. The van der Waals surface area contributed by atoms with Crippen LogP contribution < -0.4 is 14.8 Å². The Morgan fingerprint density at radius 2 is 2.12 bits per heavy atom. The molecule has 0 aromatic heterocycles. The minimum Gasteiger partial charge on any atom is -0.490 e. The summed E-state index contributed by atoms with van der Waals surface area (Å²) in [5.74, 6) is 0.0223. The number of nitrogens with one attached hydrogen (secondary N) is 2. The normalized spacial score (nSPS) is 19.7. The summed E-state index contributed by atoms with van der Waals surface area (Å²) >= 11 is 0. The third kappa shape index (κ3) is 5.04. The average Bonchev–Trinajstić information content (AvgIpc) is 2.52. The number of methoxy groups -OCH3 is 1. The van der Waals surface area contributed by atoms with Crippen molar-refractivity contribution in [3.63, 3.8) is 0 Å². The molecule has 1 fully saturated rings. The van der Waals surface area contributed by atoms with Crippen LogP contribution in [-0.2, 0) is 10.0 Å². The largest absolute Gasteiger partial charge is 0.490 e. The van der Waals surface area contributed by atoms with Crippen LogP contribution in [0.5, 0.6) is 5.75 Å². The third-order valence-electron chi connectivity index (χ3n) is 4.47. The van der Waals surface area contributed by atoms with Crippen molar-refractivity contribution in [2.75, 3.05) is 20.2 Å². The SMILES string of the molecule is COc1ccc(S(=O)(=O)NCC2NCCCC2(C)C)cc1[N+](=O)[O-].Cl. The zero-order chi connectivity index (χ0) is 18.0. The third-order valence-corrected chi connectivity index (χ3v) is 5.89. The van der Waals surface area contributed by atoms with Crippen LogP contribution in [0.1, 0.15) is 26.7 Å². The number of nitrogens with zero attached hydrogens (tertiary/aromatic N) is 1. The molecule has 25 heavy (non-hydrogen) atoms. The number of nitro benzene ring substituents is 1. The van der Waals surface area contributed by atoms with Gasteiger partial charge in [-0.3, -0.25) is 10.1 Å². The number of hydrogen-bond donors (Lipinski definition) is 2. The Morgan fingerprint density at radius 1 is 1.44 bits per heavy atom. The molecule has 0 radical (unpaired) electrons. The maximum absolute atomic E-state index is 12.5. The van der Waals surface area contributed by atoms with Gasteiger partial charge in [-0.1, -0.05) is 13.8 Å². The highest BCUT2D eigenvalue weighted by molar-refractivity contribution is 7.89. The van der Waals surface area contributed by atoms with E-state index in [1.54, 1.807) is 0 Å². The van der Waals surface area contributed by atoms with Crippen molar-refractivity contribution in [1.29, 1.82) is 0 Å². The van der Waals surface area contributed by atoms with Gasteiger partial charge in [0.2, 0.25) is 10.0 Å². The Hall–Kier alpha value is -1.42. The first-order chi connectivity index (χ1) is 11.2. The van der Waals surface area contributed by atoms with Crippen molar-refractivity contribution >= 4 is 28.1 Å². The second kappa shape index (κ2) is 8.31. The van der Waals surface area contributed by atoms with Crippen molar-refractivity contribution < 1.29 is 18.1 Å². The van der Waals surface area contributed by atoms with E-state index in [1.165, 1.54) is 19.2 Å². The van der Waals surface area contributed by atoms with E-state index in [4.69, 9.17) is 4.74 Å². The molecule has 2 N–H and O–H groups in total.